The number of amides is 1. The standard InChI is InChI=1S/C25H29NO6S/c1-16(2)22(32-15-17-4-3-5-21(14-17)33(30,31)20-10-11-20)23(27)26-25(12-13-25)19-8-6-18(7-9-19)24(28)29/h3-9,14,16,20,22H,10-13,15H2,1-2H3,(H,26,27)(H,28,29)/t22-/m1/s1. The molecule has 0 unspecified atom stereocenters. The molecular weight excluding hydrogens is 442 g/mol. The normalized spacial score (nSPS) is 18.0. The first kappa shape index (κ1) is 23.4. The Morgan fingerprint density at radius 3 is 2.33 bits per heavy atom. The molecule has 0 bridgehead atoms. The molecule has 0 radical (unpaired) electrons. The summed E-state index contributed by atoms with van der Waals surface area (Å²) < 4.78 is 31.0. The van der Waals surface area contributed by atoms with Crippen LogP contribution in [0.15, 0.2) is 53.4 Å². The molecule has 1 atom stereocenters. The molecule has 1 amide bonds. The van der Waals surface area contributed by atoms with E-state index in [1.807, 2.05) is 13.8 Å². The fraction of sp³-hybridized carbons (Fsp3) is 0.440. The van der Waals surface area contributed by atoms with E-state index in [0.29, 0.717) is 23.3 Å². The number of aromatic carboxylic acids is 1. The van der Waals surface area contributed by atoms with E-state index in [1.165, 1.54) is 0 Å². The van der Waals surface area contributed by atoms with Crippen LogP contribution in [0.2, 0.25) is 0 Å². The lowest BCUT2D eigenvalue weighted by atomic mass is 10.0. The highest BCUT2D eigenvalue weighted by Crippen LogP contribution is 2.45. The number of rotatable bonds is 10. The molecule has 7 nitrogen and oxygen atoms in total. The number of nitrogens with one attached hydrogen (secondary N) is 1. The van der Waals surface area contributed by atoms with Gasteiger partial charge in [-0.3, -0.25) is 4.79 Å². The third-order valence-corrected chi connectivity index (χ3v) is 8.54. The van der Waals surface area contributed by atoms with Gasteiger partial charge in [0.1, 0.15) is 6.10 Å². The maximum absolute atomic E-state index is 13.1. The number of ether oxygens (including phenoxy) is 1. The summed E-state index contributed by atoms with van der Waals surface area (Å²) in [5.74, 6) is -1.31. The second kappa shape index (κ2) is 8.91. The van der Waals surface area contributed by atoms with Gasteiger partial charge in [-0.15, -0.1) is 0 Å². The van der Waals surface area contributed by atoms with Crippen LogP contribution in [0.25, 0.3) is 0 Å². The largest absolute Gasteiger partial charge is 0.478 e. The molecule has 2 aliphatic rings. The number of benzene rings is 2. The fourth-order valence-corrected chi connectivity index (χ4v) is 5.72. The van der Waals surface area contributed by atoms with Crippen LogP contribution >= 0.6 is 0 Å². The lowest BCUT2D eigenvalue weighted by Gasteiger charge is -2.25. The predicted molar refractivity (Wildman–Crippen MR) is 123 cm³/mol. The van der Waals surface area contributed by atoms with E-state index < -0.39 is 27.4 Å². The number of carboxylic acid groups (broad SMARTS) is 1. The van der Waals surface area contributed by atoms with Gasteiger partial charge in [-0.25, -0.2) is 13.2 Å². The van der Waals surface area contributed by atoms with E-state index in [1.54, 1.807) is 48.5 Å². The van der Waals surface area contributed by atoms with Crippen molar-refractivity contribution in [1.82, 2.24) is 5.32 Å². The summed E-state index contributed by atoms with van der Waals surface area (Å²) >= 11 is 0. The Kier molecular flexibility index (Phi) is 6.33. The van der Waals surface area contributed by atoms with Crippen molar-refractivity contribution in [3.63, 3.8) is 0 Å². The molecule has 2 aromatic carbocycles. The van der Waals surface area contributed by atoms with Gasteiger partial charge in [-0.2, -0.15) is 0 Å². The van der Waals surface area contributed by atoms with E-state index in [2.05, 4.69) is 5.32 Å². The zero-order valence-electron chi connectivity index (χ0n) is 18.8. The number of sulfone groups is 1. The summed E-state index contributed by atoms with van der Waals surface area (Å²) in [6.45, 7) is 3.93. The quantitative estimate of drug-likeness (QED) is 0.547. The van der Waals surface area contributed by atoms with Gasteiger partial charge in [0.2, 0.25) is 5.91 Å². The lowest BCUT2D eigenvalue weighted by molar-refractivity contribution is -0.137. The van der Waals surface area contributed by atoms with Crippen molar-refractivity contribution >= 4 is 21.7 Å². The van der Waals surface area contributed by atoms with Crippen LogP contribution in [0.1, 0.15) is 61.0 Å². The van der Waals surface area contributed by atoms with Gasteiger partial charge in [0.15, 0.2) is 9.84 Å². The van der Waals surface area contributed by atoms with Crippen LogP contribution in [0.4, 0.5) is 0 Å². The Balaban J connectivity index is 1.42. The Labute approximate surface area is 194 Å². The third kappa shape index (κ3) is 5.12. The number of carbonyl (C=O) groups excluding carboxylic acids is 1. The second-order valence-corrected chi connectivity index (χ2v) is 11.5. The number of carbonyl (C=O) groups is 2. The summed E-state index contributed by atoms with van der Waals surface area (Å²) in [6, 6.07) is 13.3. The summed E-state index contributed by atoms with van der Waals surface area (Å²) in [5, 5.41) is 11.9. The van der Waals surface area contributed by atoms with Crippen LogP contribution in [0, 0.1) is 5.92 Å². The Morgan fingerprint density at radius 2 is 1.79 bits per heavy atom. The van der Waals surface area contributed by atoms with Crippen molar-refractivity contribution in [3.8, 4) is 0 Å². The van der Waals surface area contributed by atoms with E-state index in [0.717, 1.165) is 18.4 Å². The highest BCUT2D eigenvalue weighted by atomic mass is 32.2. The summed E-state index contributed by atoms with van der Waals surface area (Å²) in [6.07, 6.45) is 2.26. The molecule has 8 heteroatoms. The molecule has 2 aliphatic carbocycles. The van der Waals surface area contributed by atoms with Gasteiger partial charge in [0.05, 0.1) is 27.9 Å². The van der Waals surface area contributed by atoms with E-state index in [9.17, 15) is 18.0 Å². The Morgan fingerprint density at radius 1 is 1.12 bits per heavy atom. The van der Waals surface area contributed by atoms with Crippen molar-refractivity contribution in [2.45, 2.75) is 67.9 Å². The SMILES string of the molecule is CC(C)[C@@H](OCc1cccc(S(=O)(=O)C2CC2)c1)C(=O)NC1(c2ccc(C(=O)O)cc2)CC1. The van der Waals surface area contributed by atoms with Crippen LogP contribution in [0.5, 0.6) is 0 Å². The maximum atomic E-state index is 13.1. The van der Waals surface area contributed by atoms with Crippen LogP contribution in [-0.4, -0.2) is 36.8 Å². The van der Waals surface area contributed by atoms with Gasteiger partial charge in [0.25, 0.3) is 0 Å². The minimum atomic E-state index is -3.29. The summed E-state index contributed by atoms with van der Waals surface area (Å²) in [5.41, 5.74) is 1.29. The summed E-state index contributed by atoms with van der Waals surface area (Å²) in [4.78, 5) is 24.5. The molecule has 2 aromatic rings. The van der Waals surface area contributed by atoms with Gasteiger partial charge in [-0.1, -0.05) is 38.1 Å². The smallest absolute Gasteiger partial charge is 0.335 e. The molecule has 176 valence electrons. The van der Waals surface area contributed by atoms with Gasteiger partial charge in [0, 0.05) is 0 Å². The van der Waals surface area contributed by atoms with Crippen LogP contribution in [0.3, 0.4) is 0 Å². The maximum Gasteiger partial charge on any atom is 0.335 e. The molecule has 0 aliphatic heterocycles. The summed E-state index contributed by atoms with van der Waals surface area (Å²) in [7, 11) is -3.29. The van der Waals surface area contributed by atoms with Crippen LogP contribution < -0.4 is 5.32 Å². The predicted octanol–water partition coefficient (Wildman–Crippen LogP) is 3.67. The molecule has 0 spiro atoms. The first-order valence-corrected chi connectivity index (χ1v) is 12.8. The van der Waals surface area contributed by atoms with E-state index in [4.69, 9.17) is 9.84 Å². The van der Waals surface area contributed by atoms with Crippen molar-refractivity contribution in [2.75, 3.05) is 0 Å². The monoisotopic (exact) mass is 471 g/mol. The average Bonchev–Trinajstić information content (AvgIpc) is 3.68. The van der Waals surface area contributed by atoms with Gasteiger partial charge in [-0.05, 0) is 67.0 Å². The molecule has 2 saturated carbocycles. The van der Waals surface area contributed by atoms with Crippen molar-refractivity contribution in [2.24, 2.45) is 5.92 Å². The van der Waals surface area contributed by atoms with E-state index in [-0.39, 0.29) is 29.2 Å². The highest BCUT2D eigenvalue weighted by Gasteiger charge is 2.47. The highest BCUT2D eigenvalue weighted by molar-refractivity contribution is 7.92. The lowest BCUT2D eigenvalue weighted by Crippen LogP contribution is -2.44. The topological polar surface area (TPSA) is 110 Å². The molecule has 2 N–H and O–H groups in total. The number of hydrogen-bond acceptors (Lipinski definition) is 5. The van der Waals surface area contributed by atoms with E-state index >= 15 is 0 Å². The van der Waals surface area contributed by atoms with Crippen LogP contribution in [-0.2, 0) is 31.5 Å². The molecule has 0 heterocycles. The molecule has 33 heavy (non-hydrogen) atoms. The minimum Gasteiger partial charge on any atom is -0.478 e. The fourth-order valence-electron chi connectivity index (χ4n) is 3.99. The van der Waals surface area contributed by atoms with Crippen molar-refractivity contribution < 1.29 is 27.9 Å². The second-order valence-electron chi connectivity index (χ2n) is 9.32. The number of carboxylic acids is 1. The van der Waals surface area contributed by atoms with Gasteiger partial charge >= 0.3 is 5.97 Å². The molecular formula is C25H29NO6S. The number of hydrogen-bond donors (Lipinski definition) is 2. The molecule has 0 aromatic heterocycles. The third-order valence-electron chi connectivity index (χ3n) is 6.28. The zero-order valence-corrected chi connectivity index (χ0v) is 19.6. The van der Waals surface area contributed by atoms with Crippen molar-refractivity contribution in [3.05, 3.63) is 65.2 Å². The first-order valence-electron chi connectivity index (χ1n) is 11.2. The average molecular weight is 472 g/mol. The van der Waals surface area contributed by atoms with Gasteiger partial charge < -0.3 is 15.2 Å². The minimum absolute atomic E-state index is 0.0893. The zero-order chi connectivity index (χ0) is 23.8. The first-order chi connectivity index (χ1) is 15.6. The molecule has 4 rings (SSSR count). The Hall–Kier alpha value is -2.71. The Bertz CT molecular complexity index is 1150. The van der Waals surface area contributed by atoms with Crippen molar-refractivity contribution in [1.29, 1.82) is 0 Å². The molecule has 2 fully saturated rings. The molecule has 0 saturated heterocycles.